The fraction of sp³-hybridized carbons (Fsp3) is 0.889. The van der Waals surface area contributed by atoms with Gasteiger partial charge in [0.2, 0.25) is 0 Å². The van der Waals surface area contributed by atoms with Crippen LogP contribution in [0.2, 0.25) is 0 Å². The first-order valence-electron chi connectivity index (χ1n) is 4.57. The number of alkyl carbamates (subject to hydrolysis) is 1. The molecule has 12 heavy (non-hydrogen) atoms. The molecule has 1 amide bonds. The largest absolute Gasteiger partial charge is 0.453 e. The predicted molar refractivity (Wildman–Crippen MR) is 47.0 cm³/mol. The van der Waals surface area contributed by atoms with Gasteiger partial charge in [0, 0.05) is 6.04 Å². The second kappa shape index (κ2) is 4.33. The fourth-order valence-corrected chi connectivity index (χ4v) is 1.79. The van der Waals surface area contributed by atoms with Gasteiger partial charge in [-0.05, 0) is 18.8 Å². The van der Waals surface area contributed by atoms with Gasteiger partial charge in [-0.2, -0.15) is 0 Å². The van der Waals surface area contributed by atoms with Gasteiger partial charge in [-0.15, -0.1) is 0 Å². The summed E-state index contributed by atoms with van der Waals surface area (Å²) in [6.07, 6.45) is 4.40. The number of rotatable bonds is 1. The molecule has 0 aromatic rings. The van der Waals surface area contributed by atoms with E-state index in [9.17, 15) is 4.79 Å². The van der Waals surface area contributed by atoms with Gasteiger partial charge in [0.25, 0.3) is 0 Å². The molecule has 0 heterocycles. The molecule has 0 spiro atoms. The first kappa shape index (κ1) is 9.36. The van der Waals surface area contributed by atoms with Crippen LogP contribution in [0.5, 0.6) is 0 Å². The average molecular weight is 171 g/mol. The van der Waals surface area contributed by atoms with Crippen molar-refractivity contribution in [1.82, 2.24) is 5.32 Å². The minimum atomic E-state index is -0.297. The maximum Gasteiger partial charge on any atom is 0.407 e. The molecule has 2 atom stereocenters. The molecule has 1 aliphatic carbocycles. The van der Waals surface area contributed by atoms with Gasteiger partial charge in [-0.1, -0.05) is 19.8 Å². The number of carbonyl (C=O) groups excluding carboxylic acids is 1. The van der Waals surface area contributed by atoms with Gasteiger partial charge in [-0.3, -0.25) is 0 Å². The molecule has 0 saturated heterocycles. The van der Waals surface area contributed by atoms with Crippen molar-refractivity contribution in [2.45, 2.75) is 38.6 Å². The van der Waals surface area contributed by atoms with E-state index < -0.39 is 0 Å². The first-order chi connectivity index (χ1) is 5.72. The number of nitrogens with one attached hydrogen (secondary N) is 1. The molecule has 0 aromatic heterocycles. The summed E-state index contributed by atoms with van der Waals surface area (Å²) in [5.41, 5.74) is 0. The highest BCUT2D eigenvalue weighted by Crippen LogP contribution is 2.23. The number of hydrogen-bond donors (Lipinski definition) is 1. The van der Waals surface area contributed by atoms with Crippen LogP contribution in [0.15, 0.2) is 0 Å². The van der Waals surface area contributed by atoms with Crippen molar-refractivity contribution < 1.29 is 9.53 Å². The molecule has 2 unspecified atom stereocenters. The van der Waals surface area contributed by atoms with Gasteiger partial charge in [0.05, 0.1) is 7.11 Å². The standard InChI is InChI=1S/C9H17NO2/c1-7-4-3-5-8(6-7)10-9(11)12-2/h7-8H,3-6H2,1-2H3,(H,10,11). The smallest absolute Gasteiger partial charge is 0.407 e. The van der Waals surface area contributed by atoms with Crippen LogP contribution in [0.3, 0.4) is 0 Å². The molecule has 0 bridgehead atoms. The minimum absolute atomic E-state index is 0.297. The molecule has 1 saturated carbocycles. The zero-order chi connectivity index (χ0) is 8.97. The van der Waals surface area contributed by atoms with Crippen LogP contribution in [-0.4, -0.2) is 19.2 Å². The molecule has 0 radical (unpaired) electrons. The minimum Gasteiger partial charge on any atom is -0.453 e. The normalized spacial score (nSPS) is 29.5. The molecule has 1 N–H and O–H groups in total. The Kier molecular flexibility index (Phi) is 3.38. The fourth-order valence-electron chi connectivity index (χ4n) is 1.79. The van der Waals surface area contributed by atoms with Gasteiger partial charge in [0.15, 0.2) is 0 Å². The Morgan fingerprint density at radius 3 is 2.83 bits per heavy atom. The van der Waals surface area contributed by atoms with Gasteiger partial charge in [0.1, 0.15) is 0 Å². The predicted octanol–water partition coefficient (Wildman–Crippen LogP) is 1.92. The zero-order valence-electron chi connectivity index (χ0n) is 7.80. The quantitative estimate of drug-likeness (QED) is 0.654. The summed E-state index contributed by atoms with van der Waals surface area (Å²) in [5.74, 6) is 0.737. The number of amides is 1. The Labute approximate surface area is 73.5 Å². The SMILES string of the molecule is COC(=O)NC1CCCC(C)C1. The van der Waals surface area contributed by atoms with Gasteiger partial charge < -0.3 is 10.1 Å². The maximum atomic E-state index is 10.9. The third-order valence-electron chi connectivity index (χ3n) is 2.44. The van der Waals surface area contributed by atoms with Crippen LogP contribution >= 0.6 is 0 Å². The van der Waals surface area contributed by atoms with Crippen LogP contribution in [0, 0.1) is 5.92 Å². The second-order valence-electron chi connectivity index (χ2n) is 3.60. The van der Waals surface area contributed by atoms with E-state index in [0.717, 1.165) is 18.8 Å². The zero-order valence-corrected chi connectivity index (χ0v) is 7.80. The molecule has 0 aromatic carbocycles. The molecular weight excluding hydrogens is 154 g/mol. The highest BCUT2D eigenvalue weighted by molar-refractivity contribution is 5.67. The molecule has 3 nitrogen and oxygen atoms in total. The third kappa shape index (κ3) is 2.72. The Morgan fingerprint density at radius 1 is 1.50 bits per heavy atom. The molecule has 3 heteroatoms. The summed E-state index contributed by atoms with van der Waals surface area (Å²) in [5, 5.41) is 2.84. The lowest BCUT2D eigenvalue weighted by Gasteiger charge is -2.26. The summed E-state index contributed by atoms with van der Waals surface area (Å²) in [7, 11) is 1.40. The average Bonchev–Trinajstić information content (AvgIpc) is 2.04. The number of carbonyl (C=O) groups is 1. The summed E-state index contributed by atoms with van der Waals surface area (Å²) >= 11 is 0. The number of methoxy groups -OCH3 is 1. The summed E-state index contributed by atoms with van der Waals surface area (Å²) in [4.78, 5) is 10.9. The molecular formula is C9H17NO2. The van der Waals surface area contributed by atoms with Gasteiger partial charge >= 0.3 is 6.09 Å². The van der Waals surface area contributed by atoms with Crippen molar-refractivity contribution in [3.8, 4) is 0 Å². The van der Waals surface area contributed by atoms with E-state index in [1.807, 2.05) is 0 Å². The van der Waals surface area contributed by atoms with E-state index in [0.29, 0.717) is 6.04 Å². The van der Waals surface area contributed by atoms with Crippen molar-refractivity contribution >= 4 is 6.09 Å². The molecule has 0 aliphatic heterocycles. The Hall–Kier alpha value is -0.730. The lowest BCUT2D eigenvalue weighted by Crippen LogP contribution is -2.37. The molecule has 1 fully saturated rings. The van der Waals surface area contributed by atoms with E-state index in [4.69, 9.17) is 0 Å². The van der Waals surface area contributed by atoms with Crippen molar-refractivity contribution in [1.29, 1.82) is 0 Å². The van der Waals surface area contributed by atoms with E-state index in [2.05, 4.69) is 17.0 Å². The van der Waals surface area contributed by atoms with Crippen LogP contribution in [0.25, 0.3) is 0 Å². The second-order valence-corrected chi connectivity index (χ2v) is 3.60. The Balaban J connectivity index is 2.27. The van der Waals surface area contributed by atoms with Crippen molar-refractivity contribution in [3.63, 3.8) is 0 Å². The van der Waals surface area contributed by atoms with E-state index in [1.54, 1.807) is 0 Å². The van der Waals surface area contributed by atoms with Crippen LogP contribution in [0.4, 0.5) is 4.79 Å². The number of hydrogen-bond acceptors (Lipinski definition) is 2. The van der Waals surface area contributed by atoms with Crippen LogP contribution < -0.4 is 5.32 Å². The highest BCUT2D eigenvalue weighted by Gasteiger charge is 2.20. The van der Waals surface area contributed by atoms with E-state index >= 15 is 0 Å². The molecule has 1 rings (SSSR count). The summed E-state index contributed by atoms with van der Waals surface area (Å²) in [6, 6.07) is 0.334. The van der Waals surface area contributed by atoms with E-state index in [1.165, 1.54) is 20.0 Å². The van der Waals surface area contributed by atoms with Crippen molar-refractivity contribution in [3.05, 3.63) is 0 Å². The van der Waals surface area contributed by atoms with Crippen molar-refractivity contribution in [2.75, 3.05) is 7.11 Å². The third-order valence-corrected chi connectivity index (χ3v) is 2.44. The van der Waals surface area contributed by atoms with Crippen molar-refractivity contribution in [2.24, 2.45) is 5.92 Å². The van der Waals surface area contributed by atoms with Crippen LogP contribution in [0.1, 0.15) is 32.6 Å². The van der Waals surface area contributed by atoms with E-state index in [-0.39, 0.29) is 6.09 Å². The summed E-state index contributed by atoms with van der Waals surface area (Å²) < 4.78 is 4.54. The lowest BCUT2D eigenvalue weighted by atomic mass is 9.87. The summed E-state index contributed by atoms with van der Waals surface area (Å²) in [6.45, 7) is 2.23. The molecule has 1 aliphatic rings. The molecule has 70 valence electrons. The first-order valence-corrected chi connectivity index (χ1v) is 4.57. The monoisotopic (exact) mass is 171 g/mol. The maximum absolute atomic E-state index is 10.9. The topological polar surface area (TPSA) is 38.3 Å². The lowest BCUT2D eigenvalue weighted by molar-refractivity contribution is 0.160. The number of ether oxygens (including phenoxy) is 1. The van der Waals surface area contributed by atoms with Gasteiger partial charge in [-0.25, -0.2) is 4.79 Å². The Morgan fingerprint density at radius 2 is 2.25 bits per heavy atom. The highest BCUT2D eigenvalue weighted by atomic mass is 16.5. The van der Waals surface area contributed by atoms with Crippen LogP contribution in [-0.2, 0) is 4.74 Å². The Bertz CT molecular complexity index is 159.